The molecule has 0 amide bonds. The van der Waals surface area contributed by atoms with Gasteiger partial charge in [0.25, 0.3) is 0 Å². The fourth-order valence-corrected chi connectivity index (χ4v) is 1.19. The topological polar surface area (TPSA) is 9.23 Å². The Balaban J connectivity index is 2.93. The molecule has 0 spiro atoms. The van der Waals surface area contributed by atoms with E-state index in [0.29, 0.717) is 6.61 Å². The molecule has 0 aliphatic rings. The predicted octanol–water partition coefficient (Wildman–Crippen LogP) is 1.61. The fraction of sp³-hybridized carbons (Fsp3) is 1.00. The SMILES string of the molecule is CC(Cl)CO[SiH](C)C. The van der Waals surface area contributed by atoms with Crippen LogP contribution in [0.3, 0.4) is 0 Å². The molecule has 0 aromatic carbocycles. The molecular formula is C5H13ClOSi. The normalized spacial score (nSPS) is 14.6. The molecule has 1 atom stereocenters. The lowest BCUT2D eigenvalue weighted by Gasteiger charge is -2.06. The molecule has 3 heteroatoms. The first-order valence-electron chi connectivity index (χ1n) is 2.88. The van der Waals surface area contributed by atoms with Crippen LogP contribution >= 0.6 is 11.6 Å². The van der Waals surface area contributed by atoms with Crippen LogP contribution in [0.15, 0.2) is 0 Å². The van der Waals surface area contributed by atoms with Crippen molar-refractivity contribution in [1.82, 2.24) is 0 Å². The predicted molar refractivity (Wildman–Crippen MR) is 40.1 cm³/mol. The quantitative estimate of drug-likeness (QED) is 0.441. The van der Waals surface area contributed by atoms with Gasteiger partial charge in [0, 0.05) is 6.61 Å². The highest BCUT2D eigenvalue weighted by Gasteiger charge is 1.98. The van der Waals surface area contributed by atoms with E-state index in [1.807, 2.05) is 6.92 Å². The summed E-state index contributed by atoms with van der Waals surface area (Å²) in [7, 11) is -0.811. The van der Waals surface area contributed by atoms with Gasteiger partial charge in [-0.3, -0.25) is 0 Å². The van der Waals surface area contributed by atoms with Crippen molar-refractivity contribution in [3.05, 3.63) is 0 Å². The van der Waals surface area contributed by atoms with Crippen LogP contribution in [0.4, 0.5) is 0 Å². The number of halogens is 1. The molecule has 0 aromatic heterocycles. The Morgan fingerprint density at radius 1 is 1.62 bits per heavy atom. The van der Waals surface area contributed by atoms with Crippen molar-refractivity contribution in [2.75, 3.05) is 6.61 Å². The molecule has 0 rings (SSSR count). The highest BCUT2D eigenvalue weighted by Crippen LogP contribution is 1.94. The van der Waals surface area contributed by atoms with Crippen molar-refractivity contribution in [3.63, 3.8) is 0 Å². The molecule has 50 valence electrons. The summed E-state index contributed by atoms with van der Waals surface area (Å²) in [6, 6.07) is 0. The highest BCUT2D eigenvalue weighted by molar-refractivity contribution is 6.48. The molecular weight excluding hydrogens is 140 g/mol. The summed E-state index contributed by atoms with van der Waals surface area (Å²) in [4.78, 5) is 0. The molecule has 8 heavy (non-hydrogen) atoms. The largest absolute Gasteiger partial charge is 0.419 e. The van der Waals surface area contributed by atoms with Crippen LogP contribution in [0.5, 0.6) is 0 Å². The van der Waals surface area contributed by atoms with Crippen LogP contribution in [0.2, 0.25) is 13.1 Å². The number of alkyl halides is 1. The first-order chi connectivity index (χ1) is 3.63. The smallest absolute Gasteiger partial charge is 0.170 e. The van der Waals surface area contributed by atoms with E-state index < -0.39 is 9.04 Å². The maximum absolute atomic E-state index is 5.62. The molecule has 0 aromatic rings. The van der Waals surface area contributed by atoms with E-state index in [4.69, 9.17) is 16.0 Å². The van der Waals surface area contributed by atoms with Gasteiger partial charge >= 0.3 is 0 Å². The Morgan fingerprint density at radius 3 is 2.25 bits per heavy atom. The third-order valence-electron chi connectivity index (χ3n) is 0.659. The molecule has 0 N–H and O–H groups in total. The van der Waals surface area contributed by atoms with E-state index in [1.54, 1.807) is 0 Å². The molecule has 0 radical (unpaired) electrons. The summed E-state index contributed by atoms with van der Waals surface area (Å²) < 4.78 is 5.31. The zero-order chi connectivity index (χ0) is 6.57. The van der Waals surface area contributed by atoms with Gasteiger partial charge < -0.3 is 4.43 Å². The van der Waals surface area contributed by atoms with Crippen molar-refractivity contribution in [2.45, 2.75) is 25.4 Å². The summed E-state index contributed by atoms with van der Waals surface area (Å²) in [5.74, 6) is 0. The third kappa shape index (κ3) is 6.47. The lowest BCUT2D eigenvalue weighted by atomic mass is 10.5. The molecule has 0 heterocycles. The Bertz CT molecular complexity index is 48.4. The second-order valence-electron chi connectivity index (χ2n) is 2.16. The average Bonchev–Trinajstić information content (AvgIpc) is 1.61. The van der Waals surface area contributed by atoms with Crippen LogP contribution in [-0.4, -0.2) is 21.0 Å². The van der Waals surface area contributed by atoms with Gasteiger partial charge in [-0.1, -0.05) is 0 Å². The first-order valence-corrected chi connectivity index (χ1v) is 6.10. The van der Waals surface area contributed by atoms with Gasteiger partial charge in [0.05, 0.1) is 5.38 Å². The van der Waals surface area contributed by atoms with Crippen LogP contribution in [0.25, 0.3) is 0 Å². The van der Waals surface area contributed by atoms with Crippen molar-refractivity contribution in [1.29, 1.82) is 0 Å². The molecule has 0 fully saturated rings. The Hall–Kier alpha value is 0.467. The van der Waals surface area contributed by atoms with Gasteiger partial charge in [-0.15, -0.1) is 11.6 Å². The van der Waals surface area contributed by atoms with Gasteiger partial charge in [0.2, 0.25) is 0 Å². The van der Waals surface area contributed by atoms with Crippen LogP contribution < -0.4 is 0 Å². The maximum Gasteiger partial charge on any atom is 0.170 e. The van der Waals surface area contributed by atoms with E-state index in [-0.39, 0.29) is 5.38 Å². The Kier molecular flexibility index (Phi) is 4.61. The van der Waals surface area contributed by atoms with Gasteiger partial charge in [-0.05, 0) is 20.0 Å². The maximum atomic E-state index is 5.62. The summed E-state index contributed by atoms with van der Waals surface area (Å²) in [5.41, 5.74) is 0. The van der Waals surface area contributed by atoms with E-state index in [2.05, 4.69) is 13.1 Å². The first kappa shape index (κ1) is 8.47. The molecule has 0 bridgehead atoms. The van der Waals surface area contributed by atoms with Crippen LogP contribution in [0, 0.1) is 0 Å². The van der Waals surface area contributed by atoms with Gasteiger partial charge in [-0.25, -0.2) is 0 Å². The minimum Gasteiger partial charge on any atom is -0.419 e. The van der Waals surface area contributed by atoms with Gasteiger partial charge in [0.1, 0.15) is 0 Å². The molecule has 0 saturated carbocycles. The van der Waals surface area contributed by atoms with Crippen LogP contribution in [0.1, 0.15) is 6.92 Å². The zero-order valence-corrected chi connectivity index (χ0v) is 7.56. The number of rotatable bonds is 3. The van der Waals surface area contributed by atoms with Crippen molar-refractivity contribution in [3.8, 4) is 0 Å². The average molecular weight is 153 g/mol. The van der Waals surface area contributed by atoms with Crippen molar-refractivity contribution < 1.29 is 4.43 Å². The molecule has 1 nitrogen and oxygen atoms in total. The third-order valence-corrected chi connectivity index (χ3v) is 1.64. The van der Waals surface area contributed by atoms with Gasteiger partial charge in [0.15, 0.2) is 9.04 Å². The molecule has 0 aliphatic carbocycles. The summed E-state index contributed by atoms with van der Waals surface area (Å²) in [5, 5.41) is 0.171. The van der Waals surface area contributed by atoms with E-state index in [9.17, 15) is 0 Å². The monoisotopic (exact) mass is 152 g/mol. The molecule has 0 aliphatic heterocycles. The minimum absolute atomic E-state index is 0.171. The van der Waals surface area contributed by atoms with Gasteiger partial charge in [-0.2, -0.15) is 0 Å². The molecule has 0 saturated heterocycles. The standard InChI is InChI=1S/C5H13ClOSi/c1-5(6)4-7-8(2)3/h5,8H,4H2,1-3H3. The van der Waals surface area contributed by atoms with Crippen molar-refractivity contribution >= 4 is 20.6 Å². The second kappa shape index (κ2) is 4.36. The van der Waals surface area contributed by atoms with Crippen LogP contribution in [-0.2, 0) is 4.43 Å². The minimum atomic E-state index is -0.811. The molecule has 1 unspecified atom stereocenters. The second-order valence-corrected chi connectivity index (χ2v) is 5.34. The van der Waals surface area contributed by atoms with E-state index in [0.717, 1.165) is 0 Å². The summed E-state index contributed by atoms with van der Waals surface area (Å²) >= 11 is 5.62. The highest BCUT2D eigenvalue weighted by atomic mass is 35.5. The fourth-order valence-electron chi connectivity index (χ4n) is 0.325. The van der Waals surface area contributed by atoms with E-state index in [1.165, 1.54) is 0 Å². The Labute approximate surface area is 57.7 Å². The number of hydrogen-bond acceptors (Lipinski definition) is 1. The van der Waals surface area contributed by atoms with E-state index >= 15 is 0 Å². The summed E-state index contributed by atoms with van der Waals surface area (Å²) in [6.45, 7) is 6.93. The zero-order valence-electron chi connectivity index (χ0n) is 5.65. The lowest BCUT2D eigenvalue weighted by Crippen LogP contribution is -2.13. The van der Waals surface area contributed by atoms with Crippen molar-refractivity contribution in [2.24, 2.45) is 0 Å². The Morgan fingerprint density at radius 2 is 2.12 bits per heavy atom. The lowest BCUT2D eigenvalue weighted by molar-refractivity contribution is 0.329. The summed E-state index contributed by atoms with van der Waals surface area (Å²) in [6.07, 6.45) is 0. The number of hydrogen-bond donors (Lipinski definition) is 0.